The molecule has 100 valence electrons. The summed E-state index contributed by atoms with van der Waals surface area (Å²) >= 11 is 23.1. The van der Waals surface area contributed by atoms with E-state index in [1.807, 2.05) is 0 Å². The number of hydrogen-bond acceptors (Lipinski definition) is 6. The van der Waals surface area contributed by atoms with Gasteiger partial charge in [-0.2, -0.15) is 0 Å². The van der Waals surface area contributed by atoms with Gasteiger partial charge in [-0.3, -0.25) is 9.59 Å². The molecular formula is C10Cl4N4O2. The molecule has 2 aromatic rings. The van der Waals surface area contributed by atoms with Gasteiger partial charge in [-0.25, -0.2) is 19.9 Å². The summed E-state index contributed by atoms with van der Waals surface area (Å²) in [6, 6.07) is 0. The summed E-state index contributed by atoms with van der Waals surface area (Å²) in [6.07, 6.45) is 0. The summed E-state index contributed by atoms with van der Waals surface area (Å²) in [5.74, 6) is -1.80. The number of halogens is 4. The van der Waals surface area contributed by atoms with Crippen LogP contribution in [-0.2, 0) is 0 Å². The molecule has 0 atom stereocenters. The fraction of sp³-hybridized carbons (Fsp3) is 0. The zero-order valence-corrected chi connectivity index (χ0v) is 12.1. The quantitative estimate of drug-likeness (QED) is 0.413. The number of nitrogens with zero attached hydrogens (tertiary/aromatic N) is 4. The molecule has 0 spiro atoms. The lowest BCUT2D eigenvalue weighted by atomic mass is 9.92. The number of aromatic nitrogens is 4. The van der Waals surface area contributed by atoms with Crippen molar-refractivity contribution < 1.29 is 9.59 Å². The first-order valence-corrected chi connectivity index (χ1v) is 6.46. The summed E-state index contributed by atoms with van der Waals surface area (Å²) in [5, 5.41) is -0.884. The molecule has 0 radical (unpaired) electrons. The molecule has 2 aromatic heterocycles. The Morgan fingerprint density at radius 2 is 0.950 bits per heavy atom. The first-order valence-electron chi connectivity index (χ1n) is 4.95. The van der Waals surface area contributed by atoms with Crippen molar-refractivity contribution in [3.8, 4) is 11.4 Å². The molecule has 0 bridgehead atoms. The Balaban J connectivity index is 2.49. The van der Waals surface area contributed by atoms with Crippen molar-refractivity contribution in [1.82, 2.24) is 19.9 Å². The van der Waals surface area contributed by atoms with Crippen LogP contribution in [0.3, 0.4) is 0 Å². The summed E-state index contributed by atoms with van der Waals surface area (Å²) < 4.78 is 0. The Morgan fingerprint density at radius 3 is 1.30 bits per heavy atom. The van der Waals surface area contributed by atoms with Gasteiger partial charge in [0.1, 0.15) is 21.7 Å². The van der Waals surface area contributed by atoms with Gasteiger partial charge in [-0.1, -0.05) is 23.2 Å². The monoisotopic (exact) mass is 348 g/mol. The van der Waals surface area contributed by atoms with Gasteiger partial charge in [0.2, 0.25) is 22.1 Å². The van der Waals surface area contributed by atoms with E-state index in [0.717, 1.165) is 0 Å². The molecule has 10 heteroatoms. The highest BCUT2D eigenvalue weighted by Gasteiger charge is 2.38. The number of ketones is 2. The van der Waals surface area contributed by atoms with Crippen LogP contribution in [0.25, 0.3) is 11.4 Å². The van der Waals surface area contributed by atoms with Gasteiger partial charge in [0, 0.05) is 0 Å². The first-order chi connectivity index (χ1) is 9.40. The largest absolute Gasteiger partial charge is 0.285 e. The van der Waals surface area contributed by atoms with E-state index in [9.17, 15) is 9.59 Å². The molecule has 0 N–H and O–H groups in total. The lowest BCUT2D eigenvalue weighted by Gasteiger charge is -2.17. The molecule has 0 unspecified atom stereocenters. The summed E-state index contributed by atoms with van der Waals surface area (Å²) in [4.78, 5) is 39.1. The average molecular weight is 350 g/mol. The Labute approximate surface area is 131 Å². The molecule has 1 aliphatic carbocycles. The fourth-order valence-corrected chi connectivity index (χ4v) is 2.72. The van der Waals surface area contributed by atoms with Crippen LogP contribution in [0.4, 0.5) is 0 Å². The van der Waals surface area contributed by atoms with E-state index in [4.69, 9.17) is 46.4 Å². The second-order valence-electron chi connectivity index (χ2n) is 3.67. The van der Waals surface area contributed by atoms with Crippen LogP contribution >= 0.6 is 46.4 Å². The van der Waals surface area contributed by atoms with Crippen molar-refractivity contribution >= 4 is 58.0 Å². The Hall–Kier alpha value is -1.34. The van der Waals surface area contributed by atoms with E-state index < -0.39 is 11.6 Å². The SMILES string of the molecule is O=C1C(=O)c2c(Cl)nc(Cl)nc2-c2nc(Cl)nc(Cl)c21. The first kappa shape index (κ1) is 13.6. The topological polar surface area (TPSA) is 85.7 Å². The van der Waals surface area contributed by atoms with Crippen LogP contribution in [0.1, 0.15) is 20.7 Å². The molecule has 0 aliphatic heterocycles. The summed E-state index contributed by atoms with van der Waals surface area (Å²) in [5.41, 5.74) is -0.361. The van der Waals surface area contributed by atoms with Crippen molar-refractivity contribution in [2.45, 2.75) is 0 Å². The zero-order valence-electron chi connectivity index (χ0n) is 9.12. The van der Waals surface area contributed by atoms with Crippen molar-refractivity contribution in [2.24, 2.45) is 0 Å². The highest BCUT2D eigenvalue weighted by Crippen LogP contribution is 2.37. The molecule has 3 rings (SSSR count). The Bertz CT molecular complexity index is 741. The van der Waals surface area contributed by atoms with Crippen LogP contribution in [0, 0.1) is 0 Å². The van der Waals surface area contributed by atoms with E-state index in [0.29, 0.717) is 0 Å². The predicted molar refractivity (Wildman–Crippen MR) is 71.8 cm³/mol. The molecule has 0 saturated carbocycles. The lowest BCUT2D eigenvalue weighted by Crippen LogP contribution is -2.25. The van der Waals surface area contributed by atoms with Gasteiger partial charge in [-0.15, -0.1) is 0 Å². The van der Waals surface area contributed by atoms with Crippen molar-refractivity contribution in [3.05, 3.63) is 32.0 Å². The molecule has 1 aliphatic rings. The van der Waals surface area contributed by atoms with Crippen molar-refractivity contribution in [3.63, 3.8) is 0 Å². The highest BCUT2D eigenvalue weighted by molar-refractivity contribution is 6.57. The number of Topliss-reactive ketones (excluding diaryl/α,β-unsaturated/α-hetero) is 2. The van der Waals surface area contributed by atoms with Crippen LogP contribution in [-0.4, -0.2) is 31.5 Å². The van der Waals surface area contributed by atoms with Gasteiger partial charge in [-0.05, 0) is 23.2 Å². The van der Waals surface area contributed by atoms with Gasteiger partial charge in [0.15, 0.2) is 0 Å². The Kier molecular flexibility index (Phi) is 3.13. The third-order valence-corrected chi connectivity index (χ3v) is 3.44. The van der Waals surface area contributed by atoms with E-state index >= 15 is 0 Å². The van der Waals surface area contributed by atoms with E-state index in [2.05, 4.69) is 19.9 Å². The summed E-state index contributed by atoms with van der Waals surface area (Å²) in [6.45, 7) is 0. The minimum atomic E-state index is -0.901. The smallest absolute Gasteiger partial charge is 0.239 e. The maximum atomic E-state index is 12.0. The molecule has 6 nitrogen and oxygen atoms in total. The number of hydrogen-bond donors (Lipinski definition) is 0. The molecule has 2 heterocycles. The molecule has 20 heavy (non-hydrogen) atoms. The van der Waals surface area contributed by atoms with Crippen LogP contribution in [0.5, 0.6) is 0 Å². The van der Waals surface area contributed by atoms with E-state index in [1.54, 1.807) is 0 Å². The maximum Gasteiger partial charge on any atom is 0.239 e. The standard InChI is InChI=1S/C10Cl4N4O2/c11-7-1-3(15-9(13)17-7)4-2(6(20)5(1)19)8(12)18-10(14)16-4. The van der Waals surface area contributed by atoms with Gasteiger partial charge in [0.05, 0.1) is 11.1 Å². The predicted octanol–water partition coefficient (Wildman–Crippen LogP) is 2.93. The number of rotatable bonds is 0. The van der Waals surface area contributed by atoms with E-state index in [1.165, 1.54) is 0 Å². The van der Waals surface area contributed by atoms with Crippen LogP contribution in [0.2, 0.25) is 20.9 Å². The lowest BCUT2D eigenvalue weighted by molar-refractivity contribution is 0.0814. The molecule has 0 fully saturated rings. The maximum absolute atomic E-state index is 12.0. The molecular weight excluding hydrogens is 350 g/mol. The van der Waals surface area contributed by atoms with Gasteiger partial charge >= 0.3 is 0 Å². The molecule has 0 aromatic carbocycles. The second-order valence-corrected chi connectivity index (χ2v) is 5.06. The minimum Gasteiger partial charge on any atom is -0.285 e. The minimum absolute atomic E-state index is 0.000741. The van der Waals surface area contributed by atoms with Crippen LogP contribution in [0.15, 0.2) is 0 Å². The highest BCUT2D eigenvalue weighted by atomic mass is 35.5. The fourth-order valence-electron chi connectivity index (χ4n) is 1.79. The third-order valence-electron chi connectivity index (χ3n) is 2.56. The number of carbonyl (C=O) groups excluding carboxylic acids is 2. The zero-order chi connectivity index (χ0) is 14.6. The normalized spacial score (nSPS) is 13.2. The number of carbonyl (C=O) groups is 2. The molecule has 0 saturated heterocycles. The van der Waals surface area contributed by atoms with E-state index in [-0.39, 0.29) is 43.4 Å². The number of fused-ring (bicyclic) bond motifs is 3. The van der Waals surface area contributed by atoms with Gasteiger partial charge in [0.25, 0.3) is 0 Å². The second kappa shape index (κ2) is 4.60. The average Bonchev–Trinajstić information content (AvgIpc) is 2.34. The van der Waals surface area contributed by atoms with Gasteiger partial charge < -0.3 is 0 Å². The van der Waals surface area contributed by atoms with Crippen molar-refractivity contribution in [2.75, 3.05) is 0 Å². The summed E-state index contributed by atoms with van der Waals surface area (Å²) in [7, 11) is 0. The van der Waals surface area contributed by atoms with Crippen LogP contribution < -0.4 is 0 Å². The molecule has 0 amide bonds. The Morgan fingerprint density at radius 1 is 0.600 bits per heavy atom. The third kappa shape index (κ3) is 1.88. The van der Waals surface area contributed by atoms with Crippen molar-refractivity contribution in [1.29, 1.82) is 0 Å².